The van der Waals surface area contributed by atoms with E-state index in [0.717, 1.165) is 11.3 Å². The van der Waals surface area contributed by atoms with E-state index in [9.17, 15) is 0 Å². The molecule has 0 heterocycles. The maximum Gasteiger partial charge on any atom is 0.213 e. The van der Waals surface area contributed by atoms with Crippen LogP contribution in [0.25, 0.3) is 0 Å². The molecule has 0 saturated carbocycles. The van der Waals surface area contributed by atoms with E-state index >= 15 is 0 Å². The molecule has 0 saturated heterocycles. The number of hydrogen-bond acceptors (Lipinski definition) is 2. The minimum atomic E-state index is 0.454. The predicted molar refractivity (Wildman–Crippen MR) is 64.8 cm³/mol. The fourth-order valence-electron chi connectivity index (χ4n) is 1.16. The van der Waals surface area contributed by atoms with Crippen molar-refractivity contribution in [3.05, 3.63) is 29.3 Å². The van der Waals surface area contributed by atoms with Crippen LogP contribution in [-0.2, 0) is 0 Å². The summed E-state index contributed by atoms with van der Waals surface area (Å²) < 4.78 is 0. The van der Waals surface area contributed by atoms with Crippen LogP contribution in [0, 0.1) is 13.8 Å². The third-order valence-corrected chi connectivity index (χ3v) is 2.13. The second-order valence-electron chi connectivity index (χ2n) is 3.79. The lowest BCUT2D eigenvalue weighted by Gasteiger charge is -2.11. The first kappa shape index (κ1) is 11.4. The number of nitrogens with zero attached hydrogens (tertiary/aromatic N) is 2. The number of hydrazone groups is 1. The number of guanidine groups is 1. The Morgan fingerprint density at radius 3 is 2.53 bits per heavy atom. The summed E-state index contributed by atoms with van der Waals surface area (Å²) in [4.78, 5) is 1.75. The zero-order valence-electron chi connectivity index (χ0n) is 9.70. The van der Waals surface area contributed by atoms with E-state index in [4.69, 9.17) is 5.73 Å². The first-order chi connectivity index (χ1) is 7.00. The van der Waals surface area contributed by atoms with Crippen molar-refractivity contribution >= 4 is 11.6 Å². The minimum absolute atomic E-state index is 0.454. The summed E-state index contributed by atoms with van der Waals surface area (Å²) in [6, 6.07) is 6.14. The molecule has 0 bridgehead atoms. The Kier molecular flexibility index (Phi) is 3.55. The highest BCUT2D eigenvalue weighted by atomic mass is 15.4. The van der Waals surface area contributed by atoms with Crippen molar-refractivity contribution in [1.82, 2.24) is 4.90 Å². The molecule has 0 fully saturated rings. The fourth-order valence-corrected chi connectivity index (χ4v) is 1.16. The molecule has 0 amide bonds. The van der Waals surface area contributed by atoms with Crippen molar-refractivity contribution in [1.29, 1.82) is 0 Å². The Morgan fingerprint density at radius 1 is 1.33 bits per heavy atom. The summed E-state index contributed by atoms with van der Waals surface area (Å²) in [7, 11) is 3.70. The van der Waals surface area contributed by atoms with Gasteiger partial charge >= 0.3 is 0 Å². The summed E-state index contributed by atoms with van der Waals surface area (Å²) in [5.74, 6) is 0.454. The van der Waals surface area contributed by atoms with Gasteiger partial charge in [0.25, 0.3) is 0 Å². The van der Waals surface area contributed by atoms with Gasteiger partial charge in [0.05, 0.1) is 5.69 Å². The highest BCUT2D eigenvalue weighted by Gasteiger charge is 1.98. The molecule has 15 heavy (non-hydrogen) atoms. The molecule has 0 aromatic heterocycles. The average Bonchev–Trinajstić information content (AvgIpc) is 2.15. The van der Waals surface area contributed by atoms with Gasteiger partial charge in [-0.25, -0.2) is 0 Å². The van der Waals surface area contributed by atoms with Crippen LogP contribution in [0.2, 0.25) is 0 Å². The molecule has 0 radical (unpaired) electrons. The summed E-state index contributed by atoms with van der Waals surface area (Å²) in [5.41, 5.74) is 12.0. The van der Waals surface area contributed by atoms with Gasteiger partial charge in [-0.1, -0.05) is 17.7 Å². The van der Waals surface area contributed by atoms with Gasteiger partial charge in [-0.3, -0.25) is 5.43 Å². The number of nitrogens with two attached hydrogens (primary N) is 1. The number of benzene rings is 1. The molecule has 1 aromatic carbocycles. The molecular weight excluding hydrogens is 188 g/mol. The van der Waals surface area contributed by atoms with E-state index in [1.54, 1.807) is 4.90 Å². The molecule has 0 aliphatic carbocycles. The Hall–Kier alpha value is -1.71. The average molecular weight is 206 g/mol. The summed E-state index contributed by atoms with van der Waals surface area (Å²) in [6.07, 6.45) is 0. The lowest BCUT2D eigenvalue weighted by Crippen LogP contribution is -2.31. The van der Waals surface area contributed by atoms with Crippen LogP contribution in [0.3, 0.4) is 0 Å². The zero-order chi connectivity index (χ0) is 11.4. The first-order valence-corrected chi connectivity index (χ1v) is 4.84. The number of hydrogen-bond donors (Lipinski definition) is 2. The molecule has 0 atom stereocenters. The highest BCUT2D eigenvalue weighted by Crippen LogP contribution is 2.15. The summed E-state index contributed by atoms with van der Waals surface area (Å²) in [6.45, 7) is 4.10. The van der Waals surface area contributed by atoms with Crippen LogP contribution in [0.1, 0.15) is 11.1 Å². The predicted octanol–water partition coefficient (Wildman–Crippen LogP) is 1.51. The second-order valence-corrected chi connectivity index (χ2v) is 3.79. The lowest BCUT2D eigenvalue weighted by molar-refractivity contribution is 0.613. The molecule has 4 heteroatoms. The van der Waals surface area contributed by atoms with E-state index in [1.807, 2.05) is 33.2 Å². The Bertz CT molecular complexity index is 369. The molecule has 0 aliphatic rings. The number of rotatable bonds is 2. The molecule has 3 N–H and O–H groups in total. The van der Waals surface area contributed by atoms with Crippen molar-refractivity contribution in [2.24, 2.45) is 10.8 Å². The molecule has 0 aliphatic heterocycles. The standard InChI is InChI=1S/C11H18N4/c1-8-5-6-10(9(2)7-8)13-14-11(12)15(3)4/h5-7,13H,1-4H3,(H2,12,14). The smallest absolute Gasteiger partial charge is 0.213 e. The fraction of sp³-hybridized carbons (Fsp3) is 0.364. The van der Waals surface area contributed by atoms with Crippen LogP contribution in [0.4, 0.5) is 5.69 Å². The Labute approximate surface area is 90.8 Å². The van der Waals surface area contributed by atoms with Crippen LogP contribution < -0.4 is 11.2 Å². The third-order valence-electron chi connectivity index (χ3n) is 2.13. The van der Waals surface area contributed by atoms with E-state index in [2.05, 4.69) is 23.5 Å². The van der Waals surface area contributed by atoms with Gasteiger partial charge in [-0.05, 0) is 25.5 Å². The van der Waals surface area contributed by atoms with Gasteiger partial charge in [0, 0.05) is 14.1 Å². The summed E-state index contributed by atoms with van der Waals surface area (Å²) in [5, 5.41) is 4.05. The van der Waals surface area contributed by atoms with Gasteiger partial charge in [0.1, 0.15) is 0 Å². The van der Waals surface area contributed by atoms with Crippen molar-refractivity contribution < 1.29 is 0 Å². The quantitative estimate of drug-likeness (QED) is 0.438. The normalized spacial score (nSPS) is 11.3. The number of nitrogens with one attached hydrogen (secondary N) is 1. The van der Waals surface area contributed by atoms with Crippen molar-refractivity contribution in [3.63, 3.8) is 0 Å². The highest BCUT2D eigenvalue weighted by molar-refractivity contribution is 5.78. The van der Waals surface area contributed by atoms with Crippen LogP contribution in [0.15, 0.2) is 23.3 Å². The van der Waals surface area contributed by atoms with Crippen LogP contribution in [-0.4, -0.2) is 25.0 Å². The molecule has 0 spiro atoms. The molecule has 82 valence electrons. The number of aryl methyl sites for hydroxylation is 2. The zero-order valence-corrected chi connectivity index (χ0v) is 9.70. The SMILES string of the molecule is Cc1ccc(N/N=C(\N)N(C)C)c(C)c1. The van der Waals surface area contributed by atoms with Gasteiger partial charge in [-0.15, -0.1) is 5.10 Å². The largest absolute Gasteiger partial charge is 0.368 e. The van der Waals surface area contributed by atoms with E-state index < -0.39 is 0 Å². The van der Waals surface area contributed by atoms with Crippen molar-refractivity contribution in [2.45, 2.75) is 13.8 Å². The minimum Gasteiger partial charge on any atom is -0.368 e. The van der Waals surface area contributed by atoms with Gasteiger partial charge in [-0.2, -0.15) is 0 Å². The third kappa shape index (κ3) is 3.16. The van der Waals surface area contributed by atoms with Crippen molar-refractivity contribution in [2.75, 3.05) is 19.5 Å². The van der Waals surface area contributed by atoms with Crippen LogP contribution >= 0.6 is 0 Å². The van der Waals surface area contributed by atoms with Crippen LogP contribution in [0.5, 0.6) is 0 Å². The van der Waals surface area contributed by atoms with Gasteiger partial charge in [0.15, 0.2) is 0 Å². The van der Waals surface area contributed by atoms with Gasteiger partial charge in [0.2, 0.25) is 5.96 Å². The number of anilines is 1. The monoisotopic (exact) mass is 206 g/mol. The molecule has 1 rings (SSSR count). The maximum atomic E-state index is 5.66. The second kappa shape index (κ2) is 4.68. The Balaban J connectivity index is 2.78. The van der Waals surface area contributed by atoms with E-state index in [0.29, 0.717) is 5.96 Å². The van der Waals surface area contributed by atoms with E-state index in [1.165, 1.54) is 5.56 Å². The molecular formula is C11H18N4. The van der Waals surface area contributed by atoms with Crippen molar-refractivity contribution in [3.8, 4) is 0 Å². The molecule has 4 nitrogen and oxygen atoms in total. The molecule has 0 unspecified atom stereocenters. The first-order valence-electron chi connectivity index (χ1n) is 4.84. The maximum absolute atomic E-state index is 5.66. The molecule has 1 aromatic rings. The lowest BCUT2D eigenvalue weighted by atomic mass is 10.1. The van der Waals surface area contributed by atoms with E-state index in [-0.39, 0.29) is 0 Å². The van der Waals surface area contributed by atoms with Gasteiger partial charge < -0.3 is 10.6 Å². The Morgan fingerprint density at radius 2 is 2.00 bits per heavy atom. The topological polar surface area (TPSA) is 53.6 Å². The summed E-state index contributed by atoms with van der Waals surface area (Å²) >= 11 is 0.